The molecule has 0 spiro atoms. The van der Waals surface area contributed by atoms with Crippen LogP contribution >= 0.6 is 12.2 Å². The molecule has 0 saturated carbocycles. The highest BCUT2D eigenvalue weighted by Crippen LogP contribution is 2.17. The average Bonchev–Trinajstić information content (AvgIpc) is 2.20. The lowest BCUT2D eigenvalue weighted by Crippen LogP contribution is -2.12. The van der Waals surface area contributed by atoms with Gasteiger partial charge in [0, 0.05) is 0 Å². The number of hydrogen-bond donors (Lipinski definition) is 1. The zero-order valence-corrected chi connectivity index (χ0v) is 8.86. The second-order valence-electron chi connectivity index (χ2n) is 2.74. The molecule has 82 valence electrons. The molecule has 0 aliphatic rings. The number of hydrogen-bond acceptors (Lipinski definition) is 5. The topological polar surface area (TPSA) is 76.0 Å². The summed E-state index contributed by atoms with van der Waals surface area (Å²) in [6.07, 6.45) is -0.667. The highest BCUT2D eigenvalue weighted by atomic mass is 32.1. The first-order chi connectivity index (χ1) is 7.61. The second-order valence-corrected chi connectivity index (χ2v) is 2.92. The smallest absolute Gasteiger partial charge is 0.322 e. The van der Waals surface area contributed by atoms with Crippen LogP contribution in [0.3, 0.4) is 0 Å². The Balaban J connectivity index is 2.65. The first kappa shape index (κ1) is 12.0. The van der Waals surface area contributed by atoms with Crippen molar-refractivity contribution in [2.75, 3.05) is 0 Å². The number of aliphatic carboxylic acids is 1. The zero-order chi connectivity index (χ0) is 12.0. The number of thiocarbonyl (C=S) groups is 1. The van der Waals surface area contributed by atoms with Crippen molar-refractivity contribution in [1.82, 2.24) is 0 Å². The zero-order valence-electron chi connectivity index (χ0n) is 8.04. The van der Waals surface area contributed by atoms with E-state index in [4.69, 9.17) is 9.84 Å². The number of carbonyl (C=O) groups excluding carboxylic acids is 1. The van der Waals surface area contributed by atoms with Crippen molar-refractivity contribution in [3.63, 3.8) is 0 Å². The Hall–Kier alpha value is -2.04. The summed E-state index contributed by atoms with van der Waals surface area (Å²) in [6.45, 7) is 0. The number of aliphatic imine (C=N–C) groups is 1. The van der Waals surface area contributed by atoms with E-state index in [1.165, 1.54) is 12.1 Å². The number of carboxylic acids is 1. The quantitative estimate of drug-likeness (QED) is 0.284. The van der Waals surface area contributed by atoms with Crippen LogP contribution in [0.25, 0.3) is 0 Å². The standard InChI is InChI=1S/C10H7NO4S/c12-9(13)5-10(14)15-8-3-1-7(2-4-8)11-6-16/h1-4H,5H2,(H,12,13). The molecule has 0 fully saturated rings. The molecule has 0 atom stereocenters. The Labute approximate surface area is 96.4 Å². The molecule has 6 heteroatoms. The number of carboxylic acid groups (broad SMARTS) is 1. The molecule has 0 bridgehead atoms. The number of ether oxygens (including phenoxy) is 1. The molecule has 0 heterocycles. The third kappa shape index (κ3) is 4.00. The van der Waals surface area contributed by atoms with Gasteiger partial charge in [-0.05, 0) is 36.5 Å². The van der Waals surface area contributed by atoms with Crippen LogP contribution in [0.2, 0.25) is 0 Å². The first-order valence-corrected chi connectivity index (χ1v) is 4.63. The van der Waals surface area contributed by atoms with Crippen molar-refractivity contribution >= 4 is 35.0 Å². The van der Waals surface area contributed by atoms with Gasteiger partial charge in [0.15, 0.2) is 0 Å². The Kier molecular flexibility index (Phi) is 4.32. The van der Waals surface area contributed by atoms with Crippen LogP contribution in [0.1, 0.15) is 6.42 Å². The van der Waals surface area contributed by atoms with Gasteiger partial charge in [-0.2, -0.15) is 4.99 Å². The van der Waals surface area contributed by atoms with E-state index in [2.05, 4.69) is 22.4 Å². The fourth-order valence-corrected chi connectivity index (χ4v) is 1.04. The minimum atomic E-state index is -1.23. The van der Waals surface area contributed by atoms with Crippen LogP contribution in [-0.4, -0.2) is 22.2 Å². The van der Waals surface area contributed by atoms with Crippen molar-refractivity contribution in [2.45, 2.75) is 6.42 Å². The molecule has 0 aromatic heterocycles. The summed E-state index contributed by atoms with van der Waals surface area (Å²) in [5, 5.41) is 10.5. The molecule has 1 N–H and O–H groups in total. The number of carbonyl (C=O) groups is 2. The monoisotopic (exact) mass is 237 g/mol. The van der Waals surface area contributed by atoms with E-state index in [0.717, 1.165) is 0 Å². The molecule has 1 rings (SSSR count). The Bertz CT molecular complexity index is 448. The largest absolute Gasteiger partial charge is 0.481 e. The van der Waals surface area contributed by atoms with E-state index in [-0.39, 0.29) is 5.75 Å². The second kappa shape index (κ2) is 5.75. The van der Waals surface area contributed by atoms with Crippen molar-refractivity contribution in [2.24, 2.45) is 4.99 Å². The summed E-state index contributed by atoms with van der Waals surface area (Å²) in [6, 6.07) is 6.13. The summed E-state index contributed by atoms with van der Waals surface area (Å²) >= 11 is 4.42. The van der Waals surface area contributed by atoms with Crippen LogP contribution < -0.4 is 4.74 Å². The minimum absolute atomic E-state index is 0.259. The number of benzene rings is 1. The maximum atomic E-state index is 11.0. The number of esters is 1. The lowest BCUT2D eigenvalue weighted by molar-refractivity contribution is -0.145. The minimum Gasteiger partial charge on any atom is -0.481 e. The van der Waals surface area contributed by atoms with E-state index in [1.54, 1.807) is 12.1 Å². The van der Waals surface area contributed by atoms with Crippen LogP contribution in [0.4, 0.5) is 5.69 Å². The molecule has 0 amide bonds. The highest BCUT2D eigenvalue weighted by Gasteiger charge is 2.09. The fraction of sp³-hybridized carbons (Fsp3) is 0.100. The first-order valence-electron chi connectivity index (χ1n) is 4.22. The molecule has 1 aromatic carbocycles. The molecule has 0 aliphatic heterocycles. The van der Waals surface area contributed by atoms with Crippen LogP contribution in [-0.2, 0) is 9.59 Å². The molecule has 16 heavy (non-hydrogen) atoms. The van der Waals surface area contributed by atoms with Gasteiger partial charge in [-0.1, -0.05) is 0 Å². The molecule has 0 unspecified atom stereocenters. The summed E-state index contributed by atoms with van der Waals surface area (Å²) in [4.78, 5) is 24.9. The lowest BCUT2D eigenvalue weighted by Gasteiger charge is -2.01. The summed E-state index contributed by atoms with van der Waals surface area (Å²) in [7, 11) is 0. The van der Waals surface area contributed by atoms with E-state index in [0.29, 0.717) is 5.69 Å². The van der Waals surface area contributed by atoms with Crippen LogP contribution in [0, 0.1) is 0 Å². The molecule has 0 aliphatic carbocycles. The van der Waals surface area contributed by atoms with Crippen molar-refractivity contribution in [1.29, 1.82) is 0 Å². The third-order valence-corrected chi connectivity index (χ3v) is 1.63. The van der Waals surface area contributed by atoms with Gasteiger partial charge in [0.25, 0.3) is 0 Å². The van der Waals surface area contributed by atoms with Gasteiger partial charge in [-0.15, -0.1) is 0 Å². The summed E-state index contributed by atoms with van der Waals surface area (Å²) in [5.74, 6) is -1.79. The van der Waals surface area contributed by atoms with Gasteiger partial charge in [0.1, 0.15) is 12.2 Å². The number of rotatable bonds is 4. The van der Waals surface area contributed by atoms with Gasteiger partial charge in [-0.25, -0.2) is 0 Å². The van der Waals surface area contributed by atoms with Gasteiger partial charge < -0.3 is 9.84 Å². The lowest BCUT2D eigenvalue weighted by atomic mass is 10.3. The normalized spacial score (nSPS) is 9.00. The molecule has 1 aromatic rings. The van der Waals surface area contributed by atoms with Gasteiger partial charge in [0.05, 0.1) is 10.8 Å². The molecule has 0 radical (unpaired) electrons. The Morgan fingerprint density at radius 3 is 2.50 bits per heavy atom. The summed E-state index contributed by atoms with van der Waals surface area (Å²) < 4.78 is 4.75. The summed E-state index contributed by atoms with van der Waals surface area (Å²) in [5.41, 5.74) is 0.577. The molecular formula is C10H7NO4S. The fourth-order valence-electron chi connectivity index (χ4n) is 0.932. The van der Waals surface area contributed by atoms with Crippen LogP contribution in [0.5, 0.6) is 5.75 Å². The maximum Gasteiger partial charge on any atom is 0.322 e. The third-order valence-electron chi connectivity index (χ3n) is 1.54. The van der Waals surface area contributed by atoms with Crippen molar-refractivity contribution in [3.05, 3.63) is 24.3 Å². The average molecular weight is 237 g/mol. The van der Waals surface area contributed by atoms with Crippen LogP contribution in [0.15, 0.2) is 29.3 Å². The van der Waals surface area contributed by atoms with Crippen molar-refractivity contribution < 1.29 is 19.4 Å². The van der Waals surface area contributed by atoms with E-state index in [9.17, 15) is 9.59 Å². The van der Waals surface area contributed by atoms with E-state index < -0.39 is 18.4 Å². The Morgan fingerprint density at radius 1 is 1.38 bits per heavy atom. The van der Waals surface area contributed by atoms with Crippen molar-refractivity contribution in [3.8, 4) is 5.75 Å². The Morgan fingerprint density at radius 2 is 2.00 bits per heavy atom. The maximum absolute atomic E-state index is 11.0. The predicted molar refractivity (Wildman–Crippen MR) is 59.0 cm³/mol. The molecule has 0 saturated heterocycles. The SMILES string of the molecule is O=C(O)CC(=O)Oc1ccc(N=C=S)cc1. The predicted octanol–water partition coefficient (Wildman–Crippen LogP) is 1.80. The number of isothiocyanates is 1. The highest BCUT2D eigenvalue weighted by molar-refractivity contribution is 7.78. The molecular weight excluding hydrogens is 230 g/mol. The number of nitrogens with zero attached hydrogens (tertiary/aromatic N) is 1. The molecule has 5 nitrogen and oxygen atoms in total. The van der Waals surface area contributed by atoms with Gasteiger partial charge in [-0.3, -0.25) is 9.59 Å². The van der Waals surface area contributed by atoms with E-state index in [1.807, 2.05) is 0 Å². The van der Waals surface area contributed by atoms with E-state index >= 15 is 0 Å². The van der Waals surface area contributed by atoms with Gasteiger partial charge in [0.2, 0.25) is 0 Å². The van der Waals surface area contributed by atoms with Gasteiger partial charge >= 0.3 is 11.9 Å².